The van der Waals surface area contributed by atoms with Gasteiger partial charge in [0.25, 0.3) is 7.82 Å². The monoisotopic (exact) mass is 822 g/mol. The fourth-order valence-corrected chi connectivity index (χ4v) is 6.65. The highest BCUT2D eigenvalue weighted by molar-refractivity contribution is 7.45. The minimum atomic E-state index is -4.64. The number of nitrogens with zero attached hydrogens (tertiary/aromatic N) is 1. The van der Waals surface area contributed by atoms with Crippen molar-refractivity contribution in [2.75, 3.05) is 47.5 Å². The number of carbonyl (C=O) groups is 2. The SMILES string of the molecule is CC/C=C/C=C/C=C/C=C/C=C/CCCC(=O)OC(COC(=O)CCCCCCCCCCCCCCCCCCCCCC)COP(=O)([O-])OCC[N+](C)(C)C. The molecule has 0 N–H and O–H groups in total. The highest BCUT2D eigenvalue weighted by atomic mass is 31.2. The molecule has 0 saturated carbocycles. The second-order valence-corrected chi connectivity index (χ2v) is 17.6. The van der Waals surface area contributed by atoms with Crippen molar-refractivity contribution in [3.05, 3.63) is 60.8 Å². The van der Waals surface area contributed by atoms with Crippen LogP contribution in [-0.4, -0.2) is 70.0 Å². The molecule has 10 heteroatoms. The average Bonchev–Trinajstić information content (AvgIpc) is 3.16. The number of allylic oxidation sites excluding steroid dienone is 10. The van der Waals surface area contributed by atoms with Gasteiger partial charge in [0.05, 0.1) is 27.7 Å². The van der Waals surface area contributed by atoms with Crippen molar-refractivity contribution in [1.29, 1.82) is 0 Å². The second-order valence-electron chi connectivity index (χ2n) is 16.2. The van der Waals surface area contributed by atoms with E-state index in [0.717, 1.165) is 25.7 Å². The van der Waals surface area contributed by atoms with Crippen molar-refractivity contribution in [1.82, 2.24) is 0 Å². The Kier molecular flexibility index (Phi) is 37.6. The van der Waals surface area contributed by atoms with E-state index < -0.39 is 32.5 Å². The first-order valence-electron chi connectivity index (χ1n) is 22.6. The van der Waals surface area contributed by atoms with Crippen LogP contribution in [-0.2, 0) is 32.7 Å². The molecule has 330 valence electrons. The Morgan fingerprint density at radius 2 is 1.00 bits per heavy atom. The summed E-state index contributed by atoms with van der Waals surface area (Å²) in [6.45, 7) is 4.00. The van der Waals surface area contributed by atoms with E-state index in [1.54, 1.807) is 0 Å². The normalized spacial score (nSPS) is 14.1. The first-order valence-corrected chi connectivity index (χ1v) is 24.0. The Balaban J connectivity index is 4.34. The zero-order valence-electron chi connectivity index (χ0n) is 37.0. The standard InChI is InChI=1S/C47H84NO8P/c1-6-8-10-12-14-16-18-20-21-22-23-24-25-26-28-29-31-33-35-37-39-46(49)53-43-45(44-55-57(51,52)54-42-41-48(3,4)5)56-47(50)40-38-36-34-32-30-27-19-17-15-13-11-9-7-2/h9,11,13,15,17,19,27,30,32,34,45H,6-8,10,12,14,16,18,20-26,28-29,31,33,35-44H2,1-5H3/b11-9+,15-13+,19-17+,30-27+,34-32+. The van der Waals surface area contributed by atoms with Crippen molar-refractivity contribution in [3.63, 3.8) is 0 Å². The molecule has 0 spiro atoms. The molecule has 0 heterocycles. The molecule has 0 saturated heterocycles. The van der Waals surface area contributed by atoms with E-state index in [1.807, 2.05) is 75.8 Å². The van der Waals surface area contributed by atoms with Crippen molar-refractivity contribution in [3.8, 4) is 0 Å². The summed E-state index contributed by atoms with van der Waals surface area (Å²) in [5.41, 5.74) is 0. The Bertz CT molecular complexity index is 1160. The average molecular weight is 822 g/mol. The van der Waals surface area contributed by atoms with Gasteiger partial charge in [-0.05, 0) is 25.7 Å². The van der Waals surface area contributed by atoms with E-state index in [2.05, 4.69) is 19.9 Å². The summed E-state index contributed by atoms with van der Waals surface area (Å²) in [6.07, 6.45) is 47.0. The number of phosphoric acid groups is 1. The molecule has 0 aromatic heterocycles. The van der Waals surface area contributed by atoms with Gasteiger partial charge in [0.15, 0.2) is 6.10 Å². The largest absolute Gasteiger partial charge is 0.756 e. The van der Waals surface area contributed by atoms with E-state index in [4.69, 9.17) is 18.5 Å². The van der Waals surface area contributed by atoms with E-state index in [9.17, 15) is 19.0 Å². The maximum Gasteiger partial charge on any atom is 0.306 e. The van der Waals surface area contributed by atoms with Gasteiger partial charge < -0.3 is 27.9 Å². The summed E-state index contributed by atoms with van der Waals surface area (Å²) in [5, 5.41) is 0. The molecular formula is C47H84NO8P. The first-order chi connectivity index (χ1) is 27.5. The molecular weight excluding hydrogens is 737 g/mol. The molecule has 57 heavy (non-hydrogen) atoms. The lowest BCUT2D eigenvalue weighted by molar-refractivity contribution is -0.870. The third-order valence-electron chi connectivity index (χ3n) is 9.43. The molecule has 0 fully saturated rings. The molecule has 0 amide bonds. The smallest absolute Gasteiger partial charge is 0.306 e. The van der Waals surface area contributed by atoms with Crippen LogP contribution in [0.2, 0.25) is 0 Å². The highest BCUT2D eigenvalue weighted by Gasteiger charge is 2.21. The number of quaternary nitrogens is 1. The number of hydrogen-bond acceptors (Lipinski definition) is 8. The van der Waals surface area contributed by atoms with E-state index in [1.165, 1.54) is 109 Å². The summed E-state index contributed by atoms with van der Waals surface area (Å²) in [7, 11) is 1.11. The molecule has 2 atom stereocenters. The molecule has 0 aromatic carbocycles. The minimum absolute atomic E-state index is 0.0458. The molecule has 0 aromatic rings. The van der Waals surface area contributed by atoms with Crippen LogP contribution in [0.15, 0.2) is 60.8 Å². The predicted molar refractivity (Wildman–Crippen MR) is 236 cm³/mol. The van der Waals surface area contributed by atoms with Crippen LogP contribution in [0.1, 0.15) is 174 Å². The van der Waals surface area contributed by atoms with Crippen molar-refractivity contribution < 1.29 is 42.1 Å². The van der Waals surface area contributed by atoms with E-state index in [0.29, 0.717) is 23.9 Å². The Labute approximate surface area is 349 Å². The van der Waals surface area contributed by atoms with Gasteiger partial charge >= 0.3 is 11.9 Å². The number of esters is 2. The number of ether oxygens (including phenoxy) is 2. The maximum absolute atomic E-state index is 12.6. The molecule has 0 aliphatic heterocycles. The molecule has 2 unspecified atom stereocenters. The second kappa shape index (κ2) is 39.2. The van der Waals surface area contributed by atoms with Gasteiger partial charge in [0.1, 0.15) is 19.8 Å². The number of likely N-dealkylation sites (N-methyl/N-ethyl adjacent to an activating group) is 1. The van der Waals surface area contributed by atoms with Crippen LogP contribution in [0.25, 0.3) is 0 Å². The van der Waals surface area contributed by atoms with Gasteiger partial charge in [-0.25, -0.2) is 0 Å². The lowest BCUT2D eigenvalue weighted by Gasteiger charge is -2.28. The summed E-state index contributed by atoms with van der Waals surface area (Å²) >= 11 is 0. The topological polar surface area (TPSA) is 111 Å². The Hall–Kier alpha value is -2.29. The van der Waals surface area contributed by atoms with Crippen molar-refractivity contribution in [2.24, 2.45) is 0 Å². The van der Waals surface area contributed by atoms with Crippen LogP contribution >= 0.6 is 7.82 Å². The van der Waals surface area contributed by atoms with Gasteiger partial charge in [-0.2, -0.15) is 0 Å². The summed E-state index contributed by atoms with van der Waals surface area (Å²) in [4.78, 5) is 37.5. The maximum atomic E-state index is 12.6. The predicted octanol–water partition coefficient (Wildman–Crippen LogP) is 12.2. The number of rotatable bonds is 40. The number of unbranched alkanes of at least 4 members (excludes halogenated alkanes) is 20. The fraction of sp³-hybridized carbons (Fsp3) is 0.745. The lowest BCUT2D eigenvalue weighted by atomic mass is 10.0. The van der Waals surface area contributed by atoms with Gasteiger partial charge in [-0.3, -0.25) is 14.2 Å². The summed E-state index contributed by atoms with van der Waals surface area (Å²) in [6, 6.07) is 0. The summed E-state index contributed by atoms with van der Waals surface area (Å²) in [5.74, 6) is -0.920. The van der Waals surface area contributed by atoms with E-state index in [-0.39, 0.29) is 26.1 Å². The van der Waals surface area contributed by atoms with Crippen LogP contribution in [0.3, 0.4) is 0 Å². The molecule has 0 bridgehead atoms. The van der Waals surface area contributed by atoms with Crippen LogP contribution in [0.5, 0.6) is 0 Å². The van der Waals surface area contributed by atoms with Crippen molar-refractivity contribution >= 4 is 19.8 Å². The van der Waals surface area contributed by atoms with Crippen LogP contribution in [0.4, 0.5) is 0 Å². The van der Waals surface area contributed by atoms with E-state index >= 15 is 0 Å². The number of carbonyl (C=O) groups excluding carboxylic acids is 2. The Morgan fingerprint density at radius 1 is 0.561 bits per heavy atom. The Morgan fingerprint density at radius 3 is 1.47 bits per heavy atom. The lowest BCUT2D eigenvalue weighted by Crippen LogP contribution is -2.37. The third-order valence-corrected chi connectivity index (χ3v) is 10.4. The zero-order chi connectivity index (χ0) is 42.1. The van der Waals surface area contributed by atoms with Gasteiger partial charge in [-0.15, -0.1) is 0 Å². The zero-order valence-corrected chi connectivity index (χ0v) is 37.9. The molecule has 0 aliphatic carbocycles. The van der Waals surface area contributed by atoms with Crippen LogP contribution in [0, 0.1) is 0 Å². The molecule has 0 aliphatic rings. The van der Waals surface area contributed by atoms with Gasteiger partial charge in [0, 0.05) is 12.8 Å². The molecule has 0 radical (unpaired) electrons. The van der Waals surface area contributed by atoms with Crippen molar-refractivity contribution in [2.45, 2.75) is 180 Å². The third kappa shape index (κ3) is 43.1. The highest BCUT2D eigenvalue weighted by Crippen LogP contribution is 2.38. The number of hydrogen-bond donors (Lipinski definition) is 0. The quantitative estimate of drug-likeness (QED) is 0.0197. The summed E-state index contributed by atoms with van der Waals surface area (Å²) < 4.78 is 33.8. The van der Waals surface area contributed by atoms with Crippen LogP contribution < -0.4 is 4.89 Å². The number of phosphoric ester groups is 1. The van der Waals surface area contributed by atoms with Gasteiger partial charge in [-0.1, -0.05) is 197 Å². The van der Waals surface area contributed by atoms with Gasteiger partial charge in [0.2, 0.25) is 0 Å². The first kappa shape index (κ1) is 54.7. The molecule has 9 nitrogen and oxygen atoms in total. The molecule has 0 rings (SSSR count). The fourth-order valence-electron chi connectivity index (χ4n) is 5.92. The minimum Gasteiger partial charge on any atom is -0.756 e.